The SMILES string of the molecule is CNCCN(C)C(=O)CC1CCCNC1. The molecule has 0 aliphatic carbocycles. The van der Waals surface area contributed by atoms with Crippen LogP contribution in [0.4, 0.5) is 0 Å². The number of nitrogens with one attached hydrogen (secondary N) is 2. The standard InChI is InChI=1S/C11H23N3O/c1-12-6-7-14(2)11(15)8-10-4-3-5-13-9-10/h10,12-13H,3-9H2,1-2H3. The maximum Gasteiger partial charge on any atom is 0.222 e. The minimum atomic E-state index is 0.277. The van der Waals surface area contributed by atoms with Crippen LogP contribution in [0.1, 0.15) is 19.3 Å². The number of carbonyl (C=O) groups is 1. The van der Waals surface area contributed by atoms with Crippen LogP contribution in [-0.2, 0) is 4.79 Å². The summed E-state index contributed by atoms with van der Waals surface area (Å²) in [6.07, 6.45) is 3.10. The summed E-state index contributed by atoms with van der Waals surface area (Å²) >= 11 is 0. The molecule has 1 rings (SSSR count). The number of piperidine rings is 1. The van der Waals surface area contributed by atoms with Crippen LogP contribution < -0.4 is 10.6 Å². The van der Waals surface area contributed by atoms with Crippen molar-refractivity contribution in [3.8, 4) is 0 Å². The topological polar surface area (TPSA) is 44.4 Å². The van der Waals surface area contributed by atoms with Gasteiger partial charge in [0, 0.05) is 26.6 Å². The first-order chi connectivity index (χ1) is 7.24. The Kier molecular flexibility index (Phi) is 5.65. The molecule has 1 aliphatic heterocycles. The zero-order chi connectivity index (χ0) is 11.1. The molecule has 1 unspecified atom stereocenters. The molecule has 0 aromatic carbocycles. The number of likely N-dealkylation sites (N-methyl/N-ethyl adjacent to an activating group) is 2. The number of nitrogens with zero attached hydrogens (tertiary/aromatic N) is 1. The molecule has 1 saturated heterocycles. The molecular formula is C11H23N3O. The van der Waals surface area contributed by atoms with Gasteiger partial charge in [-0.2, -0.15) is 0 Å². The molecule has 4 nitrogen and oxygen atoms in total. The molecular weight excluding hydrogens is 190 g/mol. The van der Waals surface area contributed by atoms with E-state index in [-0.39, 0.29) is 5.91 Å². The third kappa shape index (κ3) is 4.62. The number of rotatable bonds is 5. The van der Waals surface area contributed by atoms with Gasteiger partial charge in [0.15, 0.2) is 0 Å². The fraction of sp³-hybridized carbons (Fsp3) is 0.909. The van der Waals surface area contributed by atoms with Crippen LogP contribution in [0.5, 0.6) is 0 Å². The van der Waals surface area contributed by atoms with Crippen molar-refractivity contribution in [3.05, 3.63) is 0 Å². The van der Waals surface area contributed by atoms with Gasteiger partial charge in [-0.05, 0) is 38.9 Å². The average Bonchev–Trinajstić information content (AvgIpc) is 2.27. The zero-order valence-electron chi connectivity index (χ0n) is 9.88. The Hall–Kier alpha value is -0.610. The number of carbonyl (C=O) groups excluding carboxylic acids is 1. The fourth-order valence-corrected chi connectivity index (χ4v) is 1.91. The lowest BCUT2D eigenvalue weighted by molar-refractivity contribution is -0.130. The Morgan fingerprint density at radius 1 is 1.60 bits per heavy atom. The van der Waals surface area contributed by atoms with Gasteiger partial charge in [0.2, 0.25) is 5.91 Å². The molecule has 2 N–H and O–H groups in total. The van der Waals surface area contributed by atoms with Gasteiger partial charge >= 0.3 is 0 Å². The Labute approximate surface area is 92.4 Å². The summed E-state index contributed by atoms with van der Waals surface area (Å²) in [5, 5.41) is 6.39. The highest BCUT2D eigenvalue weighted by molar-refractivity contribution is 5.76. The van der Waals surface area contributed by atoms with Crippen LogP contribution >= 0.6 is 0 Å². The van der Waals surface area contributed by atoms with Crippen molar-refractivity contribution in [3.63, 3.8) is 0 Å². The summed E-state index contributed by atoms with van der Waals surface area (Å²) in [4.78, 5) is 13.6. The molecule has 1 atom stereocenters. The van der Waals surface area contributed by atoms with Gasteiger partial charge in [0.25, 0.3) is 0 Å². The van der Waals surface area contributed by atoms with Crippen molar-refractivity contribution in [2.45, 2.75) is 19.3 Å². The second-order valence-corrected chi connectivity index (χ2v) is 4.34. The summed E-state index contributed by atoms with van der Waals surface area (Å²) < 4.78 is 0. The minimum Gasteiger partial charge on any atom is -0.344 e. The summed E-state index contributed by atoms with van der Waals surface area (Å²) in [5.74, 6) is 0.822. The maximum atomic E-state index is 11.8. The molecule has 0 aromatic heterocycles. The predicted molar refractivity (Wildman–Crippen MR) is 61.8 cm³/mol. The van der Waals surface area contributed by atoms with Crippen molar-refractivity contribution < 1.29 is 4.79 Å². The van der Waals surface area contributed by atoms with Gasteiger partial charge in [-0.1, -0.05) is 0 Å². The Balaban J connectivity index is 2.20. The molecule has 0 spiro atoms. The Morgan fingerprint density at radius 3 is 3.00 bits per heavy atom. The first kappa shape index (κ1) is 12.5. The van der Waals surface area contributed by atoms with Gasteiger partial charge in [0.1, 0.15) is 0 Å². The monoisotopic (exact) mass is 213 g/mol. The normalized spacial score (nSPS) is 21.3. The number of hydrogen-bond acceptors (Lipinski definition) is 3. The highest BCUT2D eigenvalue weighted by Crippen LogP contribution is 2.14. The lowest BCUT2D eigenvalue weighted by Crippen LogP contribution is -2.37. The summed E-state index contributed by atoms with van der Waals surface area (Å²) in [6.45, 7) is 3.78. The van der Waals surface area contributed by atoms with E-state index in [0.717, 1.165) is 26.2 Å². The summed E-state index contributed by atoms with van der Waals surface area (Å²) in [6, 6.07) is 0. The lowest BCUT2D eigenvalue weighted by Gasteiger charge is -2.25. The van der Waals surface area contributed by atoms with Crippen LogP contribution in [-0.4, -0.2) is 51.1 Å². The van der Waals surface area contributed by atoms with E-state index < -0.39 is 0 Å². The van der Waals surface area contributed by atoms with Gasteiger partial charge in [-0.25, -0.2) is 0 Å². The highest BCUT2D eigenvalue weighted by atomic mass is 16.2. The number of amides is 1. The minimum absolute atomic E-state index is 0.277. The molecule has 0 bridgehead atoms. The molecule has 1 amide bonds. The largest absolute Gasteiger partial charge is 0.344 e. The summed E-state index contributed by atoms with van der Waals surface area (Å²) in [7, 11) is 3.79. The Morgan fingerprint density at radius 2 is 2.40 bits per heavy atom. The van der Waals surface area contributed by atoms with E-state index in [1.54, 1.807) is 0 Å². The molecule has 15 heavy (non-hydrogen) atoms. The molecule has 0 radical (unpaired) electrons. The van der Waals surface area contributed by atoms with Crippen molar-refractivity contribution in [2.75, 3.05) is 40.3 Å². The average molecular weight is 213 g/mol. The van der Waals surface area contributed by atoms with Crippen molar-refractivity contribution in [1.29, 1.82) is 0 Å². The van der Waals surface area contributed by atoms with Gasteiger partial charge in [-0.3, -0.25) is 4.79 Å². The van der Waals surface area contributed by atoms with Crippen molar-refractivity contribution in [1.82, 2.24) is 15.5 Å². The van der Waals surface area contributed by atoms with E-state index in [2.05, 4.69) is 10.6 Å². The second-order valence-electron chi connectivity index (χ2n) is 4.34. The van der Waals surface area contributed by atoms with Crippen molar-refractivity contribution >= 4 is 5.91 Å². The lowest BCUT2D eigenvalue weighted by atomic mass is 9.96. The second kappa shape index (κ2) is 6.80. The quantitative estimate of drug-likeness (QED) is 0.678. The first-order valence-electron chi connectivity index (χ1n) is 5.83. The van der Waals surface area contributed by atoms with Gasteiger partial charge in [-0.15, -0.1) is 0 Å². The molecule has 1 heterocycles. The molecule has 1 fully saturated rings. The first-order valence-corrected chi connectivity index (χ1v) is 5.83. The van der Waals surface area contributed by atoms with Crippen LogP contribution in [0.2, 0.25) is 0 Å². The fourth-order valence-electron chi connectivity index (χ4n) is 1.91. The van der Waals surface area contributed by atoms with Crippen LogP contribution in [0.3, 0.4) is 0 Å². The predicted octanol–water partition coefficient (Wildman–Crippen LogP) is 0.0539. The van der Waals surface area contributed by atoms with Crippen molar-refractivity contribution in [2.24, 2.45) is 5.92 Å². The molecule has 0 aromatic rings. The zero-order valence-corrected chi connectivity index (χ0v) is 9.88. The summed E-state index contributed by atoms with van der Waals surface area (Å²) in [5.41, 5.74) is 0. The third-order valence-electron chi connectivity index (χ3n) is 2.99. The van der Waals surface area contributed by atoms with Crippen LogP contribution in [0.25, 0.3) is 0 Å². The van der Waals surface area contributed by atoms with E-state index >= 15 is 0 Å². The van der Waals surface area contributed by atoms with Crippen LogP contribution in [0, 0.1) is 5.92 Å². The third-order valence-corrected chi connectivity index (χ3v) is 2.99. The van der Waals surface area contributed by atoms with Crippen LogP contribution in [0.15, 0.2) is 0 Å². The van der Waals surface area contributed by atoms with E-state index in [4.69, 9.17) is 0 Å². The van der Waals surface area contributed by atoms with E-state index in [9.17, 15) is 4.79 Å². The van der Waals surface area contributed by atoms with E-state index in [1.165, 1.54) is 12.8 Å². The maximum absolute atomic E-state index is 11.8. The van der Waals surface area contributed by atoms with E-state index in [0.29, 0.717) is 12.3 Å². The van der Waals surface area contributed by atoms with E-state index in [1.807, 2.05) is 19.0 Å². The highest BCUT2D eigenvalue weighted by Gasteiger charge is 2.18. The number of hydrogen-bond donors (Lipinski definition) is 2. The molecule has 0 saturated carbocycles. The molecule has 88 valence electrons. The smallest absolute Gasteiger partial charge is 0.222 e. The Bertz CT molecular complexity index is 190. The molecule has 1 aliphatic rings. The van der Waals surface area contributed by atoms with Gasteiger partial charge in [0.05, 0.1) is 0 Å². The molecule has 4 heteroatoms. The van der Waals surface area contributed by atoms with Gasteiger partial charge < -0.3 is 15.5 Å².